The first-order valence-corrected chi connectivity index (χ1v) is 8.56. The molecule has 1 fully saturated rings. The summed E-state index contributed by atoms with van der Waals surface area (Å²) in [6.07, 6.45) is 12.8. The number of fused-ring (bicyclic) bond motifs is 1. The molecule has 1 aliphatic carbocycles. The highest BCUT2D eigenvalue weighted by atomic mass is 16.3. The Kier molecular flexibility index (Phi) is 4.02. The molecular formula is C18H21N5O. The van der Waals surface area contributed by atoms with Gasteiger partial charge in [-0.1, -0.05) is 25.7 Å². The van der Waals surface area contributed by atoms with Gasteiger partial charge in [-0.05, 0) is 31.1 Å². The van der Waals surface area contributed by atoms with Crippen LogP contribution in [0.2, 0.25) is 0 Å². The number of hydrogen-bond acceptors (Lipinski definition) is 5. The van der Waals surface area contributed by atoms with E-state index in [1.807, 2.05) is 18.2 Å². The van der Waals surface area contributed by atoms with Crippen LogP contribution >= 0.6 is 0 Å². The molecule has 0 radical (unpaired) electrons. The molecule has 0 amide bonds. The van der Waals surface area contributed by atoms with E-state index >= 15 is 0 Å². The number of rotatable bonds is 3. The zero-order chi connectivity index (χ0) is 16.4. The largest absolute Gasteiger partial charge is 0.492 e. The molecule has 0 unspecified atom stereocenters. The van der Waals surface area contributed by atoms with E-state index in [0.29, 0.717) is 23.5 Å². The number of nitrogens with zero attached hydrogens (tertiary/aromatic N) is 3. The van der Waals surface area contributed by atoms with E-state index in [9.17, 15) is 5.11 Å². The lowest BCUT2D eigenvalue weighted by atomic mass is 10.1. The molecule has 0 atom stereocenters. The summed E-state index contributed by atoms with van der Waals surface area (Å²) in [5.41, 5.74) is 2.46. The minimum Gasteiger partial charge on any atom is -0.492 e. The Morgan fingerprint density at radius 1 is 1.21 bits per heavy atom. The molecule has 24 heavy (non-hydrogen) atoms. The highest BCUT2D eigenvalue weighted by Crippen LogP contribution is 2.31. The Hall–Kier alpha value is -2.63. The van der Waals surface area contributed by atoms with Gasteiger partial charge in [0.1, 0.15) is 5.69 Å². The van der Waals surface area contributed by atoms with E-state index < -0.39 is 0 Å². The summed E-state index contributed by atoms with van der Waals surface area (Å²) >= 11 is 0. The summed E-state index contributed by atoms with van der Waals surface area (Å²) < 4.78 is 0. The summed E-state index contributed by atoms with van der Waals surface area (Å²) in [6.45, 7) is 0. The molecule has 2 aromatic heterocycles. The minimum atomic E-state index is 0.00404. The lowest BCUT2D eigenvalue weighted by Crippen LogP contribution is -2.19. The van der Waals surface area contributed by atoms with Crippen molar-refractivity contribution in [3.8, 4) is 5.88 Å². The number of aliphatic imine (C=N–C) groups is 1. The fraction of sp³-hybridized carbons (Fsp3) is 0.389. The summed E-state index contributed by atoms with van der Waals surface area (Å²) in [5.74, 6) is 1.34. The zero-order valence-electron chi connectivity index (χ0n) is 13.5. The fourth-order valence-corrected chi connectivity index (χ4v) is 3.36. The molecule has 1 aliphatic heterocycles. The van der Waals surface area contributed by atoms with Crippen molar-refractivity contribution >= 4 is 29.6 Å². The molecule has 1 saturated carbocycles. The van der Waals surface area contributed by atoms with Crippen molar-refractivity contribution in [1.82, 2.24) is 15.0 Å². The van der Waals surface area contributed by atoms with E-state index in [1.165, 1.54) is 25.7 Å². The lowest BCUT2D eigenvalue weighted by Gasteiger charge is -2.14. The number of nitrogens with one attached hydrogen (secondary N) is 2. The highest BCUT2D eigenvalue weighted by Gasteiger charge is 2.17. The molecule has 3 heterocycles. The third kappa shape index (κ3) is 3.04. The second kappa shape index (κ2) is 6.47. The monoisotopic (exact) mass is 323 g/mol. The summed E-state index contributed by atoms with van der Waals surface area (Å²) in [7, 11) is 0. The second-order valence-electron chi connectivity index (χ2n) is 6.39. The van der Waals surface area contributed by atoms with Crippen molar-refractivity contribution in [3.05, 3.63) is 29.6 Å². The molecule has 6 heteroatoms. The SMILES string of the molecule is Oc1nc(NC2CCCCCC2)[nH]c1/C=C1\C=Nc2ncccc21. The Balaban J connectivity index is 1.54. The van der Waals surface area contributed by atoms with Crippen LogP contribution in [0.4, 0.5) is 11.8 Å². The molecule has 124 valence electrons. The van der Waals surface area contributed by atoms with Crippen LogP contribution in [0.25, 0.3) is 11.6 Å². The van der Waals surface area contributed by atoms with Crippen molar-refractivity contribution in [1.29, 1.82) is 0 Å². The minimum absolute atomic E-state index is 0.00404. The first kappa shape index (κ1) is 14.9. The molecule has 2 aromatic rings. The maximum Gasteiger partial charge on any atom is 0.238 e. The molecule has 6 nitrogen and oxygen atoms in total. The number of allylic oxidation sites excluding steroid dienone is 1. The summed E-state index contributed by atoms with van der Waals surface area (Å²) in [6, 6.07) is 4.28. The Bertz CT molecular complexity index is 784. The van der Waals surface area contributed by atoms with E-state index in [2.05, 4.69) is 25.3 Å². The van der Waals surface area contributed by atoms with Gasteiger partial charge >= 0.3 is 0 Å². The van der Waals surface area contributed by atoms with Gasteiger partial charge in [0.05, 0.1) is 0 Å². The third-order valence-corrected chi connectivity index (χ3v) is 4.63. The van der Waals surface area contributed by atoms with E-state index in [4.69, 9.17) is 0 Å². The average Bonchev–Trinajstić information content (AvgIpc) is 3.03. The van der Waals surface area contributed by atoms with Gasteiger partial charge in [0, 0.05) is 29.6 Å². The Labute approximate surface area is 140 Å². The maximum atomic E-state index is 10.1. The van der Waals surface area contributed by atoms with Gasteiger partial charge in [0.15, 0.2) is 5.82 Å². The number of aromatic hydroxyl groups is 1. The van der Waals surface area contributed by atoms with Gasteiger partial charge in [0.25, 0.3) is 0 Å². The molecule has 0 aromatic carbocycles. The van der Waals surface area contributed by atoms with Gasteiger partial charge in [-0.2, -0.15) is 4.98 Å². The van der Waals surface area contributed by atoms with Crippen molar-refractivity contribution in [2.75, 3.05) is 5.32 Å². The normalized spacial score (nSPS) is 19.4. The molecule has 0 spiro atoms. The summed E-state index contributed by atoms with van der Waals surface area (Å²) in [4.78, 5) is 15.9. The third-order valence-electron chi connectivity index (χ3n) is 4.63. The van der Waals surface area contributed by atoms with Crippen LogP contribution in [0.15, 0.2) is 23.3 Å². The predicted molar refractivity (Wildman–Crippen MR) is 95.6 cm³/mol. The smallest absolute Gasteiger partial charge is 0.238 e. The molecular weight excluding hydrogens is 302 g/mol. The zero-order valence-corrected chi connectivity index (χ0v) is 13.5. The topological polar surface area (TPSA) is 86.2 Å². The van der Waals surface area contributed by atoms with Crippen LogP contribution in [0, 0.1) is 0 Å². The Morgan fingerprint density at radius 2 is 2.04 bits per heavy atom. The number of H-pyrrole nitrogens is 1. The van der Waals surface area contributed by atoms with Crippen LogP contribution in [0.5, 0.6) is 5.88 Å². The number of pyridine rings is 1. The standard InChI is InChI=1S/C18H21N5O/c24-17-15(10-12-11-20-16-14(12)8-5-9-19-16)22-18(23-17)21-13-6-3-1-2-4-7-13/h5,8-11,13,24H,1-4,6-7H2,(H2,21,22,23)/b12-10+. The molecule has 4 rings (SSSR count). The Morgan fingerprint density at radius 3 is 2.88 bits per heavy atom. The van der Waals surface area contributed by atoms with Crippen LogP contribution in [-0.2, 0) is 0 Å². The van der Waals surface area contributed by atoms with Gasteiger partial charge < -0.3 is 15.4 Å². The molecule has 3 N–H and O–H groups in total. The maximum absolute atomic E-state index is 10.1. The van der Waals surface area contributed by atoms with Crippen molar-refractivity contribution < 1.29 is 5.11 Å². The van der Waals surface area contributed by atoms with E-state index in [1.54, 1.807) is 12.4 Å². The predicted octanol–water partition coefficient (Wildman–Crippen LogP) is 3.90. The van der Waals surface area contributed by atoms with Gasteiger partial charge in [-0.3, -0.25) is 0 Å². The van der Waals surface area contributed by atoms with Gasteiger partial charge in [0.2, 0.25) is 11.8 Å². The van der Waals surface area contributed by atoms with Gasteiger partial charge in [-0.25, -0.2) is 9.98 Å². The van der Waals surface area contributed by atoms with Crippen LogP contribution in [-0.4, -0.2) is 32.3 Å². The first-order chi connectivity index (χ1) is 11.8. The molecule has 0 saturated heterocycles. The first-order valence-electron chi connectivity index (χ1n) is 8.56. The van der Waals surface area contributed by atoms with Crippen molar-refractivity contribution in [2.45, 2.75) is 44.6 Å². The van der Waals surface area contributed by atoms with Crippen LogP contribution < -0.4 is 5.32 Å². The van der Waals surface area contributed by atoms with E-state index in [0.717, 1.165) is 24.0 Å². The number of anilines is 1. The average molecular weight is 323 g/mol. The van der Waals surface area contributed by atoms with Crippen molar-refractivity contribution in [3.63, 3.8) is 0 Å². The molecule has 0 bridgehead atoms. The van der Waals surface area contributed by atoms with Crippen molar-refractivity contribution in [2.24, 2.45) is 4.99 Å². The fourth-order valence-electron chi connectivity index (χ4n) is 3.36. The van der Waals surface area contributed by atoms with Crippen LogP contribution in [0.3, 0.4) is 0 Å². The number of aromatic nitrogens is 3. The number of imidazole rings is 1. The molecule has 2 aliphatic rings. The summed E-state index contributed by atoms with van der Waals surface area (Å²) in [5, 5.41) is 13.6. The number of aromatic amines is 1. The highest BCUT2D eigenvalue weighted by molar-refractivity contribution is 6.20. The second-order valence-corrected chi connectivity index (χ2v) is 6.39. The van der Waals surface area contributed by atoms with E-state index in [-0.39, 0.29) is 5.88 Å². The van der Waals surface area contributed by atoms with Gasteiger partial charge in [-0.15, -0.1) is 0 Å². The number of hydrogen-bond donors (Lipinski definition) is 3. The lowest BCUT2D eigenvalue weighted by molar-refractivity contribution is 0.455. The van der Waals surface area contributed by atoms with Crippen LogP contribution in [0.1, 0.15) is 49.8 Å². The quantitative estimate of drug-likeness (QED) is 0.748.